The van der Waals surface area contributed by atoms with Gasteiger partial charge >= 0.3 is 6.03 Å². The van der Waals surface area contributed by atoms with Crippen LogP contribution in [0.2, 0.25) is 18.1 Å². The van der Waals surface area contributed by atoms with Gasteiger partial charge in [0.05, 0.1) is 26.3 Å². The van der Waals surface area contributed by atoms with Gasteiger partial charge in [-0.15, -0.1) is 0 Å². The molecule has 0 radical (unpaired) electrons. The molecule has 0 N–H and O–H groups in total. The third kappa shape index (κ3) is 4.44. The second-order valence-corrected chi connectivity index (χ2v) is 14.7. The molecule has 1 aliphatic heterocycles. The fourth-order valence-corrected chi connectivity index (χ4v) is 4.64. The Morgan fingerprint density at radius 3 is 2.52 bits per heavy atom. The van der Waals surface area contributed by atoms with Gasteiger partial charge in [0.1, 0.15) is 11.6 Å². The number of benzene rings is 1. The summed E-state index contributed by atoms with van der Waals surface area (Å²) in [5.74, 6) is 0.0250. The van der Waals surface area contributed by atoms with Gasteiger partial charge in [-0.3, -0.25) is 4.57 Å². The molecule has 5 nitrogen and oxygen atoms in total. The molecule has 1 aromatic carbocycles. The molecule has 0 bridgehead atoms. The predicted molar refractivity (Wildman–Crippen MR) is 117 cm³/mol. The summed E-state index contributed by atoms with van der Waals surface area (Å²) in [7, 11) is -0.555. The number of methoxy groups -OCH3 is 1. The molecule has 1 amide bonds. The van der Waals surface area contributed by atoms with Crippen LogP contribution >= 0.6 is 15.9 Å². The molecule has 0 unspecified atom stereocenters. The molecular formula is C21H28BrFN2O3Si. The first-order valence-electron chi connectivity index (χ1n) is 9.59. The van der Waals surface area contributed by atoms with Crippen LogP contribution < -0.4 is 4.74 Å². The Bertz CT molecular complexity index is 923. The van der Waals surface area contributed by atoms with Crippen LogP contribution in [0.15, 0.2) is 34.9 Å². The molecule has 2 heterocycles. The van der Waals surface area contributed by atoms with Gasteiger partial charge < -0.3 is 14.1 Å². The summed E-state index contributed by atoms with van der Waals surface area (Å²) in [5.41, 5.74) is 1.56. The van der Waals surface area contributed by atoms with Crippen molar-refractivity contribution in [1.29, 1.82) is 0 Å². The number of rotatable bonds is 6. The number of carbonyl (C=O) groups is 1. The smallest absolute Gasteiger partial charge is 0.329 e. The molecule has 1 aliphatic rings. The number of hydrogen-bond acceptors (Lipinski definition) is 3. The van der Waals surface area contributed by atoms with E-state index in [1.807, 2.05) is 6.07 Å². The molecule has 29 heavy (non-hydrogen) atoms. The highest BCUT2D eigenvalue weighted by Gasteiger charge is 2.40. The molecular weight excluding hydrogens is 455 g/mol. The van der Waals surface area contributed by atoms with Crippen LogP contribution in [0.3, 0.4) is 0 Å². The maximum Gasteiger partial charge on any atom is 0.329 e. The van der Waals surface area contributed by atoms with Crippen molar-refractivity contribution in [3.8, 4) is 5.75 Å². The van der Waals surface area contributed by atoms with Gasteiger partial charge in [-0.1, -0.05) is 20.8 Å². The normalized spacial score (nSPS) is 15.6. The first kappa shape index (κ1) is 22.1. The summed E-state index contributed by atoms with van der Waals surface area (Å²) < 4.78 is 28.4. The number of hydrogen-bond donors (Lipinski definition) is 0. The predicted octanol–water partition coefficient (Wildman–Crippen LogP) is 5.95. The van der Waals surface area contributed by atoms with Crippen molar-refractivity contribution in [2.45, 2.75) is 51.5 Å². The minimum absolute atomic E-state index is 0.0301. The van der Waals surface area contributed by atoms with Crippen LogP contribution in [-0.4, -0.2) is 37.5 Å². The van der Waals surface area contributed by atoms with Gasteiger partial charge in [-0.05, 0) is 57.8 Å². The van der Waals surface area contributed by atoms with Gasteiger partial charge in [-0.2, -0.15) is 0 Å². The topological polar surface area (TPSA) is 43.7 Å². The highest BCUT2D eigenvalue weighted by atomic mass is 79.9. The maximum absolute atomic E-state index is 14.3. The van der Waals surface area contributed by atoms with Gasteiger partial charge in [0.2, 0.25) is 0 Å². The zero-order valence-electron chi connectivity index (χ0n) is 17.8. The first-order valence-corrected chi connectivity index (χ1v) is 13.3. The molecule has 1 aromatic heterocycles. The van der Waals surface area contributed by atoms with E-state index in [0.29, 0.717) is 24.5 Å². The average Bonchev–Trinajstić information content (AvgIpc) is 3.11. The number of nitrogens with zero attached hydrogens (tertiary/aromatic N) is 2. The number of carbonyl (C=O) groups excluding carboxylic acids is 1. The molecule has 158 valence electrons. The quantitative estimate of drug-likeness (QED) is 0.478. The monoisotopic (exact) mass is 482 g/mol. The third-order valence-corrected chi connectivity index (χ3v) is 10.9. The SMILES string of the molecule is COc1cc(F)cc([C@@H](CO[Si](C)(C)C(C)(C)C)N2Cc3cc(Br)cn3C2=O)c1. The molecule has 0 fully saturated rings. The van der Waals surface area contributed by atoms with Gasteiger partial charge in [0.15, 0.2) is 8.32 Å². The van der Waals surface area contributed by atoms with Crippen LogP contribution in [0, 0.1) is 5.82 Å². The Morgan fingerprint density at radius 1 is 1.24 bits per heavy atom. The lowest BCUT2D eigenvalue weighted by Crippen LogP contribution is -2.44. The molecule has 0 saturated carbocycles. The van der Waals surface area contributed by atoms with E-state index in [4.69, 9.17) is 9.16 Å². The molecule has 0 spiro atoms. The summed E-state index contributed by atoms with van der Waals surface area (Å²) in [6, 6.07) is 5.94. The van der Waals surface area contributed by atoms with E-state index in [9.17, 15) is 9.18 Å². The molecule has 8 heteroatoms. The Labute approximate surface area is 181 Å². The molecule has 0 aliphatic carbocycles. The number of halogens is 2. The van der Waals surface area contributed by atoms with E-state index in [0.717, 1.165) is 10.2 Å². The average molecular weight is 483 g/mol. The van der Waals surface area contributed by atoms with E-state index in [1.54, 1.807) is 21.7 Å². The van der Waals surface area contributed by atoms with Crippen LogP contribution in [0.1, 0.15) is 38.1 Å². The van der Waals surface area contributed by atoms with E-state index < -0.39 is 20.2 Å². The number of amides is 1. The van der Waals surface area contributed by atoms with Crippen LogP contribution in [0.4, 0.5) is 9.18 Å². The third-order valence-electron chi connectivity index (χ3n) is 5.95. The minimum Gasteiger partial charge on any atom is -0.497 e. The molecule has 2 aromatic rings. The Hall–Kier alpha value is -1.64. The second-order valence-electron chi connectivity index (χ2n) is 8.94. The first-order chi connectivity index (χ1) is 13.4. The highest BCUT2D eigenvalue weighted by molar-refractivity contribution is 9.10. The van der Waals surface area contributed by atoms with Crippen molar-refractivity contribution >= 4 is 30.3 Å². The zero-order chi connectivity index (χ0) is 21.6. The van der Waals surface area contributed by atoms with E-state index in [2.05, 4.69) is 49.8 Å². The lowest BCUT2D eigenvalue weighted by atomic mass is 10.1. The van der Waals surface area contributed by atoms with Crippen LogP contribution in [-0.2, 0) is 11.0 Å². The van der Waals surface area contributed by atoms with E-state index in [-0.39, 0.29) is 11.1 Å². The lowest BCUT2D eigenvalue weighted by molar-refractivity contribution is 0.144. The molecule has 0 saturated heterocycles. The summed E-state index contributed by atoms with van der Waals surface area (Å²) >= 11 is 3.42. The summed E-state index contributed by atoms with van der Waals surface area (Å²) in [4.78, 5) is 14.8. The molecule has 1 atom stereocenters. The van der Waals surface area contributed by atoms with Crippen molar-refractivity contribution in [2.24, 2.45) is 0 Å². The summed E-state index contributed by atoms with van der Waals surface area (Å²) in [5, 5.41) is 0.0301. The van der Waals surface area contributed by atoms with Crippen molar-refractivity contribution in [1.82, 2.24) is 9.47 Å². The molecule has 3 rings (SSSR count). The zero-order valence-corrected chi connectivity index (χ0v) is 20.3. The van der Waals surface area contributed by atoms with Crippen molar-refractivity contribution in [3.63, 3.8) is 0 Å². The summed E-state index contributed by atoms with van der Waals surface area (Å²) in [6.45, 7) is 11.6. The number of aromatic nitrogens is 1. The second kappa shape index (κ2) is 7.89. The van der Waals surface area contributed by atoms with Crippen LogP contribution in [0.25, 0.3) is 0 Å². The maximum atomic E-state index is 14.3. The standard InChI is InChI=1S/C21H28BrFN2O3Si/c1-21(2,3)29(5,6)28-13-19(14-7-16(23)10-18(8-14)27-4)25-12-17-9-15(22)11-24(17)20(25)26/h7-11,19H,12-13H2,1-6H3/t19-/m1/s1. The largest absolute Gasteiger partial charge is 0.497 e. The Kier molecular flexibility index (Phi) is 6.00. The van der Waals surface area contributed by atoms with Gasteiger partial charge in [0.25, 0.3) is 0 Å². The minimum atomic E-state index is -2.06. The number of ether oxygens (including phenoxy) is 1. The van der Waals surface area contributed by atoms with Crippen molar-refractivity contribution in [3.05, 3.63) is 52.0 Å². The fourth-order valence-electron chi connectivity index (χ4n) is 3.16. The Morgan fingerprint density at radius 2 is 1.93 bits per heavy atom. The van der Waals surface area contributed by atoms with Crippen LogP contribution in [0.5, 0.6) is 5.75 Å². The van der Waals surface area contributed by atoms with Gasteiger partial charge in [-0.25, -0.2) is 9.18 Å². The van der Waals surface area contributed by atoms with E-state index >= 15 is 0 Å². The Balaban J connectivity index is 1.95. The van der Waals surface area contributed by atoms with Gasteiger partial charge in [0, 0.05) is 22.4 Å². The van der Waals surface area contributed by atoms with E-state index in [1.165, 1.54) is 19.2 Å². The van der Waals surface area contributed by atoms with Crippen molar-refractivity contribution in [2.75, 3.05) is 13.7 Å². The van der Waals surface area contributed by atoms with Crippen molar-refractivity contribution < 1.29 is 18.3 Å². The number of fused-ring (bicyclic) bond motifs is 1. The fraction of sp³-hybridized carbons (Fsp3) is 0.476. The lowest BCUT2D eigenvalue weighted by Gasteiger charge is -2.38. The summed E-state index contributed by atoms with van der Waals surface area (Å²) in [6.07, 6.45) is 1.76. The highest BCUT2D eigenvalue weighted by Crippen LogP contribution is 2.39.